The molecule has 3 N–H and O–H groups in total. The molecule has 0 saturated carbocycles. The number of rotatable bonds is 81. The molecule has 0 heterocycles. The van der Waals surface area contributed by atoms with Gasteiger partial charge in [0.05, 0.1) is 26.4 Å². The quantitative estimate of drug-likeness (QED) is 0.0222. The number of hydrogen-bond acceptors (Lipinski definition) is 15. The highest BCUT2D eigenvalue weighted by Crippen LogP contribution is 2.45. The average molecular weight is 1490 g/mol. The molecule has 102 heavy (non-hydrogen) atoms. The number of esters is 4. The summed E-state index contributed by atoms with van der Waals surface area (Å²) in [5.74, 6) is 0.298. The van der Waals surface area contributed by atoms with E-state index < -0.39 is 97.5 Å². The molecule has 0 amide bonds. The van der Waals surface area contributed by atoms with Gasteiger partial charge in [-0.15, -0.1) is 0 Å². The van der Waals surface area contributed by atoms with Crippen LogP contribution < -0.4 is 0 Å². The number of unbranched alkanes of at least 4 members (excludes halogenated alkanes) is 49. The van der Waals surface area contributed by atoms with Crippen LogP contribution in [-0.2, 0) is 65.4 Å². The van der Waals surface area contributed by atoms with Crippen LogP contribution in [0.2, 0.25) is 0 Å². The van der Waals surface area contributed by atoms with Crippen molar-refractivity contribution in [2.75, 3.05) is 39.6 Å². The van der Waals surface area contributed by atoms with E-state index in [2.05, 4.69) is 48.5 Å². The number of phosphoric ester groups is 2. The molecular formula is C83H162O17P2. The monoisotopic (exact) mass is 1490 g/mol. The fourth-order valence-electron chi connectivity index (χ4n) is 12.8. The van der Waals surface area contributed by atoms with E-state index in [4.69, 9.17) is 37.0 Å². The van der Waals surface area contributed by atoms with E-state index in [1.54, 1.807) is 0 Å². The van der Waals surface area contributed by atoms with Gasteiger partial charge in [-0.25, -0.2) is 9.13 Å². The third-order valence-electron chi connectivity index (χ3n) is 19.4. The molecule has 0 saturated heterocycles. The minimum atomic E-state index is -4.96. The van der Waals surface area contributed by atoms with Gasteiger partial charge in [-0.3, -0.25) is 37.3 Å². The lowest BCUT2D eigenvalue weighted by Crippen LogP contribution is -2.30. The zero-order chi connectivity index (χ0) is 75.1. The van der Waals surface area contributed by atoms with Crippen LogP contribution in [0.1, 0.15) is 434 Å². The molecule has 0 aliphatic carbocycles. The molecule has 5 atom stereocenters. The first-order chi connectivity index (χ1) is 49.2. The molecule has 606 valence electrons. The Kier molecular flexibility index (Phi) is 71.8. The first kappa shape index (κ1) is 100. The van der Waals surface area contributed by atoms with Crippen molar-refractivity contribution in [3.63, 3.8) is 0 Å². The van der Waals surface area contributed by atoms with Crippen LogP contribution in [0.5, 0.6) is 0 Å². The van der Waals surface area contributed by atoms with Gasteiger partial charge in [-0.1, -0.05) is 382 Å². The van der Waals surface area contributed by atoms with Gasteiger partial charge in [-0.05, 0) is 43.4 Å². The van der Waals surface area contributed by atoms with Gasteiger partial charge in [-0.2, -0.15) is 0 Å². The first-order valence-corrected chi connectivity index (χ1v) is 45.8. The Labute approximate surface area is 626 Å². The average Bonchev–Trinajstić information content (AvgIpc) is 0.943. The summed E-state index contributed by atoms with van der Waals surface area (Å²) >= 11 is 0. The molecule has 0 bridgehead atoms. The van der Waals surface area contributed by atoms with Gasteiger partial charge in [0.2, 0.25) is 0 Å². The molecule has 0 aliphatic rings. The Morgan fingerprint density at radius 3 is 0.667 bits per heavy atom. The van der Waals surface area contributed by atoms with E-state index in [0.29, 0.717) is 25.7 Å². The van der Waals surface area contributed by atoms with Gasteiger partial charge < -0.3 is 33.8 Å². The Balaban J connectivity index is 5.20. The second kappa shape index (κ2) is 73.2. The van der Waals surface area contributed by atoms with Crippen molar-refractivity contribution >= 4 is 39.5 Å². The van der Waals surface area contributed by atoms with Crippen LogP contribution in [0.15, 0.2) is 0 Å². The number of phosphoric acid groups is 2. The number of hydrogen-bond donors (Lipinski definition) is 3. The number of ether oxygens (including phenoxy) is 4. The Morgan fingerprint density at radius 2 is 0.451 bits per heavy atom. The lowest BCUT2D eigenvalue weighted by molar-refractivity contribution is -0.161. The normalized spacial score (nSPS) is 13.9. The Morgan fingerprint density at radius 1 is 0.265 bits per heavy atom. The fraction of sp³-hybridized carbons (Fsp3) is 0.952. The molecule has 0 aliphatic heterocycles. The van der Waals surface area contributed by atoms with Crippen molar-refractivity contribution in [1.29, 1.82) is 0 Å². The van der Waals surface area contributed by atoms with E-state index in [-0.39, 0.29) is 25.7 Å². The van der Waals surface area contributed by atoms with E-state index in [1.807, 2.05) is 0 Å². The molecule has 2 unspecified atom stereocenters. The van der Waals surface area contributed by atoms with E-state index >= 15 is 0 Å². The lowest BCUT2D eigenvalue weighted by Gasteiger charge is -2.21. The van der Waals surface area contributed by atoms with Crippen LogP contribution >= 0.6 is 15.6 Å². The summed E-state index contributed by atoms with van der Waals surface area (Å²) in [5, 5.41) is 10.6. The van der Waals surface area contributed by atoms with Crippen LogP contribution in [0.4, 0.5) is 0 Å². The van der Waals surface area contributed by atoms with Crippen LogP contribution in [0, 0.1) is 17.8 Å². The summed E-state index contributed by atoms with van der Waals surface area (Å²) in [7, 11) is -9.92. The van der Waals surface area contributed by atoms with Gasteiger partial charge in [0.25, 0.3) is 0 Å². The summed E-state index contributed by atoms with van der Waals surface area (Å²) in [5.41, 5.74) is 0. The Hall–Kier alpha value is -1.94. The third kappa shape index (κ3) is 76.3. The van der Waals surface area contributed by atoms with Crippen LogP contribution in [-0.4, -0.2) is 96.7 Å². The molecule has 0 aromatic carbocycles. The molecule has 0 rings (SSSR count). The number of aliphatic hydroxyl groups excluding tert-OH is 1. The summed E-state index contributed by atoms with van der Waals surface area (Å²) in [6.45, 7) is 12.0. The van der Waals surface area contributed by atoms with Crippen molar-refractivity contribution in [3.8, 4) is 0 Å². The first-order valence-electron chi connectivity index (χ1n) is 42.8. The summed E-state index contributed by atoms with van der Waals surface area (Å²) in [6, 6.07) is 0. The summed E-state index contributed by atoms with van der Waals surface area (Å²) in [4.78, 5) is 73.0. The maximum atomic E-state index is 13.1. The Bertz CT molecular complexity index is 1970. The van der Waals surface area contributed by atoms with Crippen molar-refractivity contribution < 1.29 is 80.2 Å². The second-order valence-corrected chi connectivity index (χ2v) is 34.2. The zero-order valence-corrected chi connectivity index (χ0v) is 68.9. The maximum absolute atomic E-state index is 13.1. The van der Waals surface area contributed by atoms with Gasteiger partial charge >= 0.3 is 39.5 Å². The molecule has 0 radical (unpaired) electrons. The molecule has 19 heteroatoms. The molecular weight excluding hydrogens is 1330 g/mol. The van der Waals surface area contributed by atoms with E-state index in [0.717, 1.165) is 114 Å². The smallest absolute Gasteiger partial charge is 0.462 e. The van der Waals surface area contributed by atoms with Crippen LogP contribution in [0.3, 0.4) is 0 Å². The predicted octanol–water partition coefficient (Wildman–Crippen LogP) is 24.9. The minimum absolute atomic E-state index is 0.107. The summed E-state index contributed by atoms with van der Waals surface area (Å²) in [6.07, 6.45) is 62.5. The fourth-order valence-corrected chi connectivity index (χ4v) is 14.4. The topological polar surface area (TPSA) is 237 Å². The number of aliphatic hydroxyl groups is 1. The highest BCUT2D eigenvalue weighted by Gasteiger charge is 2.30. The van der Waals surface area contributed by atoms with Crippen molar-refractivity contribution in [1.82, 2.24) is 0 Å². The molecule has 0 aromatic heterocycles. The van der Waals surface area contributed by atoms with Crippen molar-refractivity contribution in [3.05, 3.63) is 0 Å². The largest absolute Gasteiger partial charge is 0.472 e. The number of carbonyl (C=O) groups is 4. The van der Waals surface area contributed by atoms with E-state index in [9.17, 15) is 43.2 Å². The lowest BCUT2D eigenvalue weighted by atomic mass is 10.0. The highest BCUT2D eigenvalue weighted by molar-refractivity contribution is 7.47. The standard InChI is InChI=1S/C83H162O17P2/c1-8-9-10-11-12-43-50-57-64-80(85)93-70-78(99-82(87)67-60-53-46-39-33-27-21-24-30-36-42-49-56-63-76(6)7)72-97-101(89,90)95-68-77(84)69-96-102(91,92)98-73-79(100-83(88)66-59-52-45-38-32-26-20-16-14-18-23-29-35-41-48-55-62-75(4)5)71-94-81(86)65-58-51-44-37-31-25-19-15-13-17-22-28-34-40-47-54-61-74(2)3/h74-79,84H,8-73H2,1-7H3,(H,89,90)(H,91,92)/t77-,78+,79+/m0/s1. The SMILES string of the molecule is CCCCCCCCCCC(=O)OC[C@H](COP(=O)(O)OC[C@H](O)COP(=O)(O)OC[C@@H](COC(=O)CCCCCCCCCCCCCCCCCCC(C)C)OC(=O)CCCCCCCCCCCCCCCCCCC(C)C)OC(=O)CCCCCCCCCCCCCCCC(C)C. The highest BCUT2D eigenvalue weighted by atomic mass is 31.2. The second-order valence-electron chi connectivity index (χ2n) is 31.3. The molecule has 17 nitrogen and oxygen atoms in total. The van der Waals surface area contributed by atoms with Gasteiger partial charge in [0.15, 0.2) is 12.2 Å². The van der Waals surface area contributed by atoms with Gasteiger partial charge in [0, 0.05) is 25.7 Å². The van der Waals surface area contributed by atoms with Crippen molar-refractivity contribution in [2.45, 2.75) is 452 Å². The predicted molar refractivity (Wildman–Crippen MR) is 418 cm³/mol. The maximum Gasteiger partial charge on any atom is 0.472 e. The molecule has 0 spiro atoms. The van der Waals surface area contributed by atoms with Gasteiger partial charge in [0.1, 0.15) is 19.3 Å². The third-order valence-corrected chi connectivity index (χ3v) is 21.3. The molecule has 0 aromatic rings. The summed E-state index contributed by atoms with van der Waals surface area (Å²) < 4.78 is 68.7. The number of carbonyl (C=O) groups excluding carboxylic acids is 4. The van der Waals surface area contributed by atoms with Crippen molar-refractivity contribution in [2.24, 2.45) is 17.8 Å². The minimum Gasteiger partial charge on any atom is -0.462 e. The van der Waals surface area contributed by atoms with E-state index in [1.165, 1.54) is 238 Å². The zero-order valence-electron chi connectivity index (χ0n) is 67.1. The van der Waals surface area contributed by atoms with Crippen LogP contribution in [0.25, 0.3) is 0 Å². The molecule has 0 fully saturated rings.